The van der Waals surface area contributed by atoms with Gasteiger partial charge in [-0.1, -0.05) is 0 Å². The molecule has 0 aromatic carbocycles. The molecule has 4 heteroatoms. The monoisotopic (exact) mass is 225 g/mol. The van der Waals surface area contributed by atoms with Crippen LogP contribution in [0, 0.1) is 6.92 Å². The summed E-state index contributed by atoms with van der Waals surface area (Å²) in [5.74, 6) is 1.60. The third kappa shape index (κ3) is 3.38. The smallest absolute Gasteiger partial charge is 0.305 e. The van der Waals surface area contributed by atoms with Gasteiger partial charge >= 0.3 is 5.97 Å². The number of aryl methyl sites for hydroxylation is 1. The zero-order valence-corrected chi connectivity index (χ0v) is 10.3. The van der Waals surface area contributed by atoms with Gasteiger partial charge in [-0.25, -0.2) is 0 Å². The first-order valence-electron chi connectivity index (χ1n) is 5.34. The van der Waals surface area contributed by atoms with Crippen LogP contribution in [0.1, 0.15) is 30.4 Å². The molecule has 1 heterocycles. The molecule has 4 nitrogen and oxygen atoms in total. The highest BCUT2D eigenvalue weighted by Crippen LogP contribution is 2.25. The van der Waals surface area contributed by atoms with E-state index in [-0.39, 0.29) is 12.0 Å². The van der Waals surface area contributed by atoms with Crippen molar-refractivity contribution in [2.45, 2.75) is 25.8 Å². The Kier molecular flexibility index (Phi) is 4.55. The molecule has 0 aliphatic heterocycles. The average Bonchev–Trinajstić information content (AvgIpc) is 2.64. The van der Waals surface area contributed by atoms with Gasteiger partial charge in [-0.15, -0.1) is 0 Å². The number of furan rings is 1. The van der Waals surface area contributed by atoms with Crippen molar-refractivity contribution in [2.75, 3.05) is 21.2 Å². The highest BCUT2D eigenvalue weighted by Gasteiger charge is 2.18. The molecule has 0 amide bonds. The molecule has 0 radical (unpaired) electrons. The van der Waals surface area contributed by atoms with Crippen LogP contribution in [-0.2, 0) is 9.53 Å². The Balaban J connectivity index is 2.65. The van der Waals surface area contributed by atoms with E-state index in [0.717, 1.165) is 11.5 Å². The summed E-state index contributed by atoms with van der Waals surface area (Å²) in [7, 11) is 5.35. The van der Waals surface area contributed by atoms with E-state index >= 15 is 0 Å². The lowest BCUT2D eigenvalue weighted by atomic mass is 10.1. The summed E-state index contributed by atoms with van der Waals surface area (Å²) in [6, 6.07) is 4.01. The lowest BCUT2D eigenvalue weighted by molar-refractivity contribution is -0.141. The number of methoxy groups -OCH3 is 1. The number of esters is 1. The first kappa shape index (κ1) is 12.8. The van der Waals surface area contributed by atoms with Crippen molar-refractivity contribution in [1.82, 2.24) is 4.90 Å². The van der Waals surface area contributed by atoms with Gasteiger partial charge in [0, 0.05) is 6.42 Å². The van der Waals surface area contributed by atoms with Crippen LogP contribution in [0.3, 0.4) is 0 Å². The van der Waals surface area contributed by atoms with Gasteiger partial charge in [0.1, 0.15) is 11.5 Å². The number of hydrogen-bond donors (Lipinski definition) is 0. The minimum Gasteiger partial charge on any atom is -0.469 e. The summed E-state index contributed by atoms with van der Waals surface area (Å²) in [6.07, 6.45) is 1.10. The van der Waals surface area contributed by atoms with Crippen LogP contribution in [0.25, 0.3) is 0 Å². The van der Waals surface area contributed by atoms with Crippen molar-refractivity contribution in [3.8, 4) is 0 Å². The standard InChI is InChI=1S/C12H19NO3/c1-9-5-7-11(16-9)10(13(2)3)6-8-12(14)15-4/h5,7,10H,6,8H2,1-4H3. The van der Waals surface area contributed by atoms with Crippen molar-refractivity contribution in [1.29, 1.82) is 0 Å². The van der Waals surface area contributed by atoms with Crippen molar-refractivity contribution < 1.29 is 13.9 Å². The Morgan fingerprint density at radius 1 is 1.50 bits per heavy atom. The first-order valence-corrected chi connectivity index (χ1v) is 5.34. The maximum absolute atomic E-state index is 11.1. The van der Waals surface area contributed by atoms with E-state index in [9.17, 15) is 4.79 Å². The summed E-state index contributed by atoms with van der Waals surface area (Å²) in [5, 5.41) is 0. The quantitative estimate of drug-likeness (QED) is 0.720. The first-order chi connectivity index (χ1) is 7.54. The zero-order chi connectivity index (χ0) is 12.1. The molecule has 16 heavy (non-hydrogen) atoms. The highest BCUT2D eigenvalue weighted by molar-refractivity contribution is 5.69. The molecule has 1 aromatic rings. The van der Waals surface area contributed by atoms with Crippen molar-refractivity contribution in [3.63, 3.8) is 0 Å². The Morgan fingerprint density at radius 3 is 2.62 bits per heavy atom. The molecular weight excluding hydrogens is 206 g/mol. The fraction of sp³-hybridized carbons (Fsp3) is 0.583. The molecular formula is C12H19NO3. The van der Waals surface area contributed by atoms with E-state index in [0.29, 0.717) is 12.8 Å². The highest BCUT2D eigenvalue weighted by atomic mass is 16.5. The minimum absolute atomic E-state index is 0.118. The molecule has 1 rings (SSSR count). The maximum Gasteiger partial charge on any atom is 0.305 e. The summed E-state index contributed by atoms with van der Waals surface area (Å²) < 4.78 is 10.2. The van der Waals surface area contributed by atoms with E-state index in [1.165, 1.54) is 7.11 Å². The third-order valence-electron chi connectivity index (χ3n) is 2.56. The van der Waals surface area contributed by atoms with Crippen molar-refractivity contribution >= 4 is 5.97 Å². The lowest BCUT2D eigenvalue weighted by Crippen LogP contribution is -2.20. The van der Waals surface area contributed by atoms with Crippen molar-refractivity contribution in [2.24, 2.45) is 0 Å². The Hall–Kier alpha value is -1.29. The van der Waals surface area contributed by atoms with E-state index in [1.54, 1.807) is 0 Å². The van der Waals surface area contributed by atoms with Gasteiger partial charge in [0.05, 0.1) is 13.2 Å². The maximum atomic E-state index is 11.1. The summed E-state index contributed by atoms with van der Waals surface area (Å²) in [5.41, 5.74) is 0. The summed E-state index contributed by atoms with van der Waals surface area (Å²) in [4.78, 5) is 13.1. The van der Waals surface area contributed by atoms with Crippen LogP contribution >= 0.6 is 0 Å². The van der Waals surface area contributed by atoms with Crippen molar-refractivity contribution in [3.05, 3.63) is 23.7 Å². The van der Waals surface area contributed by atoms with Crippen LogP contribution in [0.5, 0.6) is 0 Å². The number of ether oxygens (including phenoxy) is 1. The largest absolute Gasteiger partial charge is 0.469 e. The molecule has 90 valence electrons. The van der Waals surface area contributed by atoms with Gasteiger partial charge in [-0.05, 0) is 39.6 Å². The number of rotatable bonds is 5. The molecule has 0 N–H and O–H groups in total. The lowest BCUT2D eigenvalue weighted by Gasteiger charge is -2.21. The normalized spacial score (nSPS) is 12.8. The molecule has 0 spiro atoms. The van der Waals surface area contributed by atoms with E-state index in [2.05, 4.69) is 4.74 Å². The van der Waals surface area contributed by atoms with Gasteiger partial charge < -0.3 is 9.15 Å². The Bertz CT molecular complexity index is 344. The molecule has 0 saturated carbocycles. The molecule has 1 aromatic heterocycles. The molecule has 0 aliphatic carbocycles. The fourth-order valence-corrected chi connectivity index (χ4v) is 1.64. The van der Waals surface area contributed by atoms with Gasteiger partial charge in [-0.2, -0.15) is 0 Å². The molecule has 0 bridgehead atoms. The number of hydrogen-bond acceptors (Lipinski definition) is 4. The second kappa shape index (κ2) is 5.70. The molecule has 0 aliphatic rings. The SMILES string of the molecule is COC(=O)CCC(c1ccc(C)o1)N(C)C. The van der Waals surface area contributed by atoms with Gasteiger partial charge in [0.15, 0.2) is 0 Å². The number of carbonyl (C=O) groups is 1. The molecule has 1 atom stereocenters. The third-order valence-corrected chi connectivity index (χ3v) is 2.56. The molecule has 1 unspecified atom stereocenters. The van der Waals surface area contributed by atoms with Crippen LogP contribution in [0.15, 0.2) is 16.5 Å². The van der Waals surface area contributed by atoms with Crippen LogP contribution in [-0.4, -0.2) is 32.1 Å². The second-order valence-electron chi connectivity index (χ2n) is 4.04. The topological polar surface area (TPSA) is 42.7 Å². The van der Waals surface area contributed by atoms with Crippen LogP contribution < -0.4 is 0 Å². The van der Waals surface area contributed by atoms with E-state index < -0.39 is 0 Å². The fourth-order valence-electron chi connectivity index (χ4n) is 1.64. The second-order valence-corrected chi connectivity index (χ2v) is 4.04. The number of carbonyl (C=O) groups excluding carboxylic acids is 1. The Labute approximate surface area is 96.2 Å². The van der Waals surface area contributed by atoms with Crippen LogP contribution in [0.2, 0.25) is 0 Å². The Morgan fingerprint density at radius 2 is 2.19 bits per heavy atom. The summed E-state index contributed by atoms with van der Waals surface area (Å²) in [6.45, 7) is 1.91. The molecule has 0 saturated heterocycles. The van der Waals surface area contributed by atoms with E-state index in [1.807, 2.05) is 38.1 Å². The number of nitrogens with zero attached hydrogens (tertiary/aromatic N) is 1. The predicted molar refractivity (Wildman–Crippen MR) is 61.1 cm³/mol. The van der Waals surface area contributed by atoms with Gasteiger partial charge in [0.2, 0.25) is 0 Å². The predicted octanol–water partition coefficient (Wildman–Crippen LogP) is 2.14. The average molecular weight is 225 g/mol. The minimum atomic E-state index is -0.185. The zero-order valence-electron chi connectivity index (χ0n) is 10.3. The van der Waals surface area contributed by atoms with E-state index in [4.69, 9.17) is 4.42 Å². The van der Waals surface area contributed by atoms with Gasteiger partial charge in [-0.3, -0.25) is 9.69 Å². The van der Waals surface area contributed by atoms with Crippen LogP contribution in [0.4, 0.5) is 0 Å². The van der Waals surface area contributed by atoms with Gasteiger partial charge in [0.25, 0.3) is 0 Å². The molecule has 0 fully saturated rings. The summed E-state index contributed by atoms with van der Waals surface area (Å²) >= 11 is 0.